The number of rotatable bonds is 9. The van der Waals surface area contributed by atoms with Crippen LogP contribution in [0.25, 0.3) is 11.3 Å². The van der Waals surface area contributed by atoms with Gasteiger partial charge in [0.05, 0.1) is 17.5 Å². The first-order valence-corrected chi connectivity index (χ1v) is 10.3. The van der Waals surface area contributed by atoms with Gasteiger partial charge in [0.2, 0.25) is 5.91 Å². The Morgan fingerprint density at radius 1 is 1.03 bits per heavy atom. The van der Waals surface area contributed by atoms with Crippen LogP contribution in [0.4, 0.5) is 4.39 Å². The van der Waals surface area contributed by atoms with Crippen molar-refractivity contribution in [1.82, 2.24) is 15.3 Å². The summed E-state index contributed by atoms with van der Waals surface area (Å²) < 4.78 is 25.2. The molecule has 1 amide bonds. The Labute approximate surface area is 185 Å². The van der Waals surface area contributed by atoms with Crippen molar-refractivity contribution in [2.45, 2.75) is 26.0 Å². The fourth-order valence-corrected chi connectivity index (χ4v) is 3.11. The summed E-state index contributed by atoms with van der Waals surface area (Å²) >= 11 is 0. The second-order valence-electron chi connectivity index (χ2n) is 7.13. The lowest BCUT2D eigenvalue weighted by atomic mass is 10.2. The van der Waals surface area contributed by atoms with E-state index in [1.807, 2.05) is 42.5 Å². The molecule has 0 aliphatic rings. The topological polar surface area (TPSA) is 77.2 Å². The fraction of sp³-hybridized carbons (Fsp3) is 0.160. The second-order valence-corrected chi connectivity index (χ2v) is 7.13. The third-order valence-electron chi connectivity index (χ3n) is 4.76. The third-order valence-corrected chi connectivity index (χ3v) is 4.76. The molecule has 7 heteroatoms. The molecule has 0 bridgehead atoms. The van der Waals surface area contributed by atoms with Gasteiger partial charge in [0.1, 0.15) is 18.2 Å². The molecule has 32 heavy (non-hydrogen) atoms. The summed E-state index contributed by atoms with van der Waals surface area (Å²) in [6.45, 7) is 0.757. The molecule has 0 saturated heterocycles. The van der Waals surface area contributed by atoms with Crippen LogP contribution in [0, 0.1) is 5.82 Å². The highest BCUT2D eigenvalue weighted by atomic mass is 19.1. The van der Waals surface area contributed by atoms with Crippen molar-refractivity contribution < 1.29 is 18.3 Å². The summed E-state index contributed by atoms with van der Waals surface area (Å²) in [6.07, 6.45) is 3.74. The number of oxazole rings is 1. The lowest BCUT2D eigenvalue weighted by molar-refractivity contribution is -0.121. The van der Waals surface area contributed by atoms with Gasteiger partial charge in [-0.3, -0.25) is 9.78 Å². The third kappa shape index (κ3) is 5.78. The van der Waals surface area contributed by atoms with Crippen LogP contribution in [0.3, 0.4) is 0 Å². The molecule has 0 unspecified atom stereocenters. The van der Waals surface area contributed by atoms with E-state index in [0.29, 0.717) is 42.5 Å². The van der Waals surface area contributed by atoms with Crippen molar-refractivity contribution in [2.24, 2.45) is 0 Å². The molecule has 0 aliphatic carbocycles. The summed E-state index contributed by atoms with van der Waals surface area (Å²) in [5, 5.41) is 2.88. The van der Waals surface area contributed by atoms with Crippen LogP contribution in [0.15, 0.2) is 83.5 Å². The van der Waals surface area contributed by atoms with E-state index in [9.17, 15) is 9.18 Å². The Kier molecular flexibility index (Phi) is 6.87. The van der Waals surface area contributed by atoms with Crippen LogP contribution in [0.5, 0.6) is 5.75 Å². The number of carbonyl (C=O) groups excluding carboxylic acids is 1. The van der Waals surface area contributed by atoms with Crippen LogP contribution < -0.4 is 10.1 Å². The Hall–Kier alpha value is -4.00. The molecule has 162 valence electrons. The summed E-state index contributed by atoms with van der Waals surface area (Å²) in [5.74, 6) is 0.946. The minimum atomic E-state index is -0.376. The van der Waals surface area contributed by atoms with E-state index >= 15 is 0 Å². The lowest BCUT2D eigenvalue weighted by Crippen LogP contribution is -2.23. The zero-order chi connectivity index (χ0) is 22.2. The number of nitrogens with zero attached hydrogens (tertiary/aromatic N) is 2. The van der Waals surface area contributed by atoms with Gasteiger partial charge in [0, 0.05) is 25.6 Å². The second kappa shape index (κ2) is 10.3. The number of nitrogens with one attached hydrogen (secondary N) is 1. The maximum atomic E-state index is 13.9. The highest BCUT2D eigenvalue weighted by Crippen LogP contribution is 2.23. The number of benzene rings is 2. The smallest absolute Gasteiger partial charge is 0.220 e. The molecule has 6 nitrogen and oxygen atoms in total. The highest BCUT2D eigenvalue weighted by Gasteiger charge is 2.12. The van der Waals surface area contributed by atoms with E-state index in [1.165, 1.54) is 12.3 Å². The number of hydrogen-bond acceptors (Lipinski definition) is 5. The van der Waals surface area contributed by atoms with E-state index in [2.05, 4.69) is 15.3 Å². The van der Waals surface area contributed by atoms with Gasteiger partial charge in [-0.15, -0.1) is 0 Å². The van der Waals surface area contributed by atoms with E-state index in [4.69, 9.17) is 9.15 Å². The first-order valence-electron chi connectivity index (χ1n) is 10.3. The molecule has 0 fully saturated rings. The summed E-state index contributed by atoms with van der Waals surface area (Å²) in [6, 6.07) is 19.6. The first kappa shape index (κ1) is 21.2. The molecule has 0 saturated carbocycles. The number of hydrogen-bond donors (Lipinski definition) is 1. The molecule has 1 N–H and O–H groups in total. The van der Waals surface area contributed by atoms with Crippen molar-refractivity contribution in [3.8, 4) is 17.1 Å². The Morgan fingerprint density at radius 2 is 1.91 bits per heavy atom. The van der Waals surface area contributed by atoms with Gasteiger partial charge in [-0.25, -0.2) is 9.37 Å². The van der Waals surface area contributed by atoms with E-state index in [1.54, 1.807) is 24.4 Å². The van der Waals surface area contributed by atoms with Gasteiger partial charge >= 0.3 is 0 Å². The number of aryl methyl sites for hydroxylation is 1. The van der Waals surface area contributed by atoms with Crippen LogP contribution in [-0.2, 0) is 24.4 Å². The minimum absolute atomic E-state index is 0.129. The van der Waals surface area contributed by atoms with Crippen molar-refractivity contribution in [3.63, 3.8) is 0 Å². The van der Waals surface area contributed by atoms with Gasteiger partial charge in [-0.2, -0.15) is 0 Å². The van der Waals surface area contributed by atoms with Gasteiger partial charge in [-0.05, 0) is 42.0 Å². The monoisotopic (exact) mass is 431 g/mol. The van der Waals surface area contributed by atoms with Crippen LogP contribution in [0.2, 0.25) is 0 Å². The fourth-order valence-electron chi connectivity index (χ4n) is 3.11. The molecule has 2 heterocycles. The van der Waals surface area contributed by atoms with Crippen LogP contribution in [0.1, 0.15) is 23.6 Å². The van der Waals surface area contributed by atoms with Gasteiger partial charge in [0.25, 0.3) is 0 Å². The summed E-state index contributed by atoms with van der Waals surface area (Å²) in [7, 11) is 0. The molecule has 0 aliphatic heterocycles. The normalized spacial score (nSPS) is 10.7. The van der Waals surface area contributed by atoms with Gasteiger partial charge in [-0.1, -0.05) is 30.3 Å². The molecule has 0 atom stereocenters. The summed E-state index contributed by atoms with van der Waals surface area (Å²) in [4.78, 5) is 20.6. The number of pyridine rings is 1. The summed E-state index contributed by atoms with van der Waals surface area (Å²) in [5.41, 5.74) is 2.12. The first-order chi connectivity index (χ1) is 15.7. The zero-order valence-electron chi connectivity index (χ0n) is 17.3. The molecular formula is C25H22FN3O3. The van der Waals surface area contributed by atoms with Crippen molar-refractivity contribution in [2.75, 3.05) is 0 Å². The number of ether oxygens (including phenoxy) is 1. The number of amides is 1. The Balaban J connectivity index is 1.24. The Morgan fingerprint density at radius 3 is 2.75 bits per heavy atom. The largest absolute Gasteiger partial charge is 0.487 e. The SMILES string of the molecule is O=C(CCc1ncc(-c2ccccc2F)o1)NCc1cccc(OCc2ccccn2)c1. The zero-order valence-corrected chi connectivity index (χ0v) is 17.3. The van der Waals surface area contributed by atoms with E-state index < -0.39 is 0 Å². The molecule has 4 rings (SSSR count). The van der Waals surface area contributed by atoms with Crippen molar-refractivity contribution >= 4 is 5.91 Å². The van der Waals surface area contributed by atoms with Crippen molar-refractivity contribution in [3.05, 3.63) is 102 Å². The van der Waals surface area contributed by atoms with Gasteiger partial charge < -0.3 is 14.5 Å². The van der Waals surface area contributed by atoms with Crippen molar-refractivity contribution in [1.29, 1.82) is 0 Å². The van der Waals surface area contributed by atoms with Crippen LogP contribution in [-0.4, -0.2) is 15.9 Å². The Bertz CT molecular complexity index is 1180. The standard InChI is InChI=1S/C25H22FN3O3/c26-22-10-2-1-9-21(22)23-16-29-25(32-23)12-11-24(30)28-15-18-6-5-8-20(14-18)31-17-19-7-3-4-13-27-19/h1-10,13-14,16H,11-12,15,17H2,(H,28,30). The molecule has 0 spiro atoms. The highest BCUT2D eigenvalue weighted by molar-refractivity contribution is 5.76. The molecule has 2 aromatic heterocycles. The maximum Gasteiger partial charge on any atom is 0.220 e. The number of aromatic nitrogens is 2. The average Bonchev–Trinajstić information content (AvgIpc) is 3.30. The molecule has 2 aromatic carbocycles. The van der Waals surface area contributed by atoms with E-state index in [-0.39, 0.29) is 18.1 Å². The lowest BCUT2D eigenvalue weighted by Gasteiger charge is -2.09. The van der Waals surface area contributed by atoms with Gasteiger partial charge in [0.15, 0.2) is 11.7 Å². The molecule has 4 aromatic rings. The minimum Gasteiger partial charge on any atom is -0.487 e. The maximum absolute atomic E-state index is 13.9. The predicted octanol–water partition coefficient (Wildman–Crippen LogP) is 4.70. The quantitative estimate of drug-likeness (QED) is 0.416. The average molecular weight is 431 g/mol. The molecule has 0 radical (unpaired) electrons. The number of halogens is 1. The van der Waals surface area contributed by atoms with E-state index in [0.717, 1.165) is 11.3 Å². The van der Waals surface area contributed by atoms with Crippen LogP contribution >= 0.6 is 0 Å². The molecular weight excluding hydrogens is 409 g/mol. The predicted molar refractivity (Wildman–Crippen MR) is 117 cm³/mol. The number of carbonyl (C=O) groups is 1.